The van der Waals surface area contributed by atoms with Gasteiger partial charge in [0.1, 0.15) is 0 Å². The summed E-state index contributed by atoms with van der Waals surface area (Å²) in [6.07, 6.45) is 7.97. The molecule has 0 spiro atoms. The lowest BCUT2D eigenvalue weighted by molar-refractivity contribution is 0.0572. The van der Waals surface area contributed by atoms with Crippen LogP contribution in [0.25, 0.3) is 10.9 Å². The Hall–Kier alpha value is -2.14. The number of nitrogens with one attached hydrogen (secondary N) is 2. The van der Waals surface area contributed by atoms with Crippen molar-refractivity contribution in [3.8, 4) is 0 Å². The van der Waals surface area contributed by atoms with E-state index >= 15 is 0 Å². The minimum Gasteiger partial charge on any atom is -0.378 e. The van der Waals surface area contributed by atoms with Crippen molar-refractivity contribution < 1.29 is 9.53 Å². The van der Waals surface area contributed by atoms with Crippen molar-refractivity contribution >= 4 is 22.6 Å². The lowest BCUT2D eigenvalue weighted by atomic mass is 10.1. The van der Waals surface area contributed by atoms with Gasteiger partial charge in [0.15, 0.2) is 0 Å². The predicted octanol–water partition coefficient (Wildman–Crippen LogP) is 4.01. The first-order chi connectivity index (χ1) is 11.7. The molecule has 1 saturated carbocycles. The molecule has 5 heteroatoms. The Balaban J connectivity index is 1.46. The maximum Gasteiger partial charge on any atom is 0.319 e. The van der Waals surface area contributed by atoms with Crippen molar-refractivity contribution in [1.82, 2.24) is 10.3 Å². The molecule has 0 aliphatic heterocycles. The molecule has 0 atom stereocenters. The molecule has 24 heavy (non-hydrogen) atoms. The molecule has 3 rings (SSSR count). The molecule has 128 valence electrons. The maximum atomic E-state index is 12.1. The van der Waals surface area contributed by atoms with Gasteiger partial charge in [-0.1, -0.05) is 18.9 Å². The molecule has 1 aromatic carbocycles. The number of anilines is 1. The molecule has 1 fully saturated rings. The molecule has 1 aliphatic carbocycles. The second kappa shape index (κ2) is 8.11. The zero-order chi connectivity index (χ0) is 16.8. The van der Waals surface area contributed by atoms with Crippen LogP contribution in [0.3, 0.4) is 0 Å². The fraction of sp³-hybridized carbons (Fsp3) is 0.474. The highest BCUT2D eigenvalue weighted by Crippen LogP contribution is 2.24. The third-order valence-electron chi connectivity index (χ3n) is 4.48. The number of urea groups is 1. The molecule has 1 aliphatic rings. The number of rotatable bonds is 6. The second-order valence-corrected chi connectivity index (χ2v) is 6.34. The number of pyridine rings is 1. The van der Waals surface area contributed by atoms with Gasteiger partial charge in [0, 0.05) is 24.7 Å². The molecule has 0 saturated heterocycles. The summed E-state index contributed by atoms with van der Waals surface area (Å²) in [6.45, 7) is 3.34. The number of nitrogens with zero attached hydrogens (tertiary/aromatic N) is 1. The summed E-state index contributed by atoms with van der Waals surface area (Å²) in [6, 6.07) is 7.55. The lowest BCUT2D eigenvalue weighted by Crippen LogP contribution is -2.30. The van der Waals surface area contributed by atoms with Crippen molar-refractivity contribution in [3.63, 3.8) is 0 Å². The lowest BCUT2D eigenvalue weighted by Gasteiger charge is -2.12. The van der Waals surface area contributed by atoms with Crippen LogP contribution in [0.5, 0.6) is 0 Å². The number of hydrogen-bond acceptors (Lipinski definition) is 3. The van der Waals surface area contributed by atoms with E-state index in [4.69, 9.17) is 4.74 Å². The van der Waals surface area contributed by atoms with Gasteiger partial charge in [-0.25, -0.2) is 4.79 Å². The van der Waals surface area contributed by atoms with Crippen LogP contribution in [0.15, 0.2) is 30.5 Å². The van der Waals surface area contributed by atoms with Crippen LogP contribution in [0.2, 0.25) is 0 Å². The highest BCUT2D eigenvalue weighted by Gasteiger charge is 2.14. The maximum absolute atomic E-state index is 12.1. The van der Waals surface area contributed by atoms with Crippen LogP contribution in [0.4, 0.5) is 10.5 Å². The molecular formula is C19H25N3O2. The Kier molecular flexibility index (Phi) is 5.64. The van der Waals surface area contributed by atoms with E-state index in [0.29, 0.717) is 19.3 Å². The van der Waals surface area contributed by atoms with Gasteiger partial charge in [0.05, 0.1) is 17.3 Å². The normalized spacial score (nSPS) is 14.9. The fourth-order valence-corrected chi connectivity index (χ4v) is 3.17. The third-order valence-corrected chi connectivity index (χ3v) is 4.48. The summed E-state index contributed by atoms with van der Waals surface area (Å²) in [5.74, 6) is 0. The molecule has 1 aromatic heterocycles. The first-order valence-electron chi connectivity index (χ1n) is 8.75. The smallest absolute Gasteiger partial charge is 0.319 e. The van der Waals surface area contributed by atoms with Gasteiger partial charge in [0.2, 0.25) is 0 Å². The van der Waals surface area contributed by atoms with Crippen molar-refractivity contribution in [1.29, 1.82) is 0 Å². The number of fused-ring (bicyclic) bond motifs is 1. The van der Waals surface area contributed by atoms with Crippen LogP contribution in [0.1, 0.15) is 37.7 Å². The number of carbonyl (C=O) groups is 1. The predicted molar refractivity (Wildman–Crippen MR) is 96.3 cm³/mol. The van der Waals surface area contributed by atoms with Crippen molar-refractivity contribution in [2.45, 2.75) is 45.1 Å². The first kappa shape index (κ1) is 16.7. The van der Waals surface area contributed by atoms with Gasteiger partial charge in [0.25, 0.3) is 0 Å². The standard InChI is InChI=1S/C19H25N3O2/c1-14-9-10-17(16-8-4-11-20-18(14)16)22-19(23)21-12-5-13-24-15-6-2-3-7-15/h4,8-11,15H,2-3,5-7,12-13H2,1H3,(H2,21,22,23). The number of aromatic nitrogens is 1. The minimum atomic E-state index is -0.190. The molecule has 0 radical (unpaired) electrons. The average molecular weight is 327 g/mol. The van der Waals surface area contributed by atoms with Crippen LogP contribution in [0, 0.1) is 6.92 Å². The van der Waals surface area contributed by atoms with Gasteiger partial charge in [-0.3, -0.25) is 4.98 Å². The van der Waals surface area contributed by atoms with E-state index < -0.39 is 0 Å². The van der Waals surface area contributed by atoms with Gasteiger partial charge < -0.3 is 15.4 Å². The number of benzene rings is 1. The average Bonchev–Trinajstić information content (AvgIpc) is 3.11. The van der Waals surface area contributed by atoms with E-state index in [-0.39, 0.29) is 6.03 Å². The summed E-state index contributed by atoms with van der Waals surface area (Å²) >= 11 is 0. The quantitative estimate of drug-likeness (QED) is 0.788. The van der Waals surface area contributed by atoms with E-state index in [1.807, 2.05) is 31.2 Å². The van der Waals surface area contributed by atoms with Crippen LogP contribution in [-0.4, -0.2) is 30.3 Å². The molecule has 0 bridgehead atoms. The number of carbonyl (C=O) groups excluding carboxylic acids is 1. The molecule has 2 aromatic rings. The highest BCUT2D eigenvalue weighted by atomic mass is 16.5. The molecular weight excluding hydrogens is 302 g/mol. The van der Waals surface area contributed by atoms with Crippen LogP contribution < -0.4 is 10.6 Å². The largest absolute Gasteiger partial charge is 0.378 e. The number of hydrogen-bond donors (Lipinski definition) is 2. The summed E-state index contributed by atoms with van der Waals surface area (Å²) in [5.41, 5.74) is 2.80. The van der Waals surface area contributed by atoms with Gasteiger partial charge in [-0.2, -0.15) is 0 Å². The number of aryl methyl sites for hydroxylation is 1. The fourth-order valence-electron chi connectivity index (χ4n) is 3.17. The molecule has 5 nitrogen and oxygen atoms in total. The second-order valence-electron chi connectivity index (χ2n) is 6.34. The summed E-state index contributed by atoms with van der Waals surface area (Å²) in [7, 11) is 0. The zero-order valence-electron chi connectivity index (χ0n) is 14.2. The van der Waals surface area contributed by atoms with Crippen LogP contribution >= 0.6 is 0 Å². The SMILES string of the molecule is Cc1ccc(NC(=O)NCCCOC2CCCC2)c2cccnc12. The van der Waals surface area contributed by atoms with Crippen LogP contribution in [-0.2, 0) is 4.74 Å². The Morgan fingerprint density at radius 2 is 2.12 bits per heavy atom. The third kappa shape index (κ3) is 4.23. The van der Waals surface area contributed by atoms with Crippen molar-refractivity contribution in [3.05, 3.63) is 36.0 Å². The highest BCUT2D eigenvalue weighted by molar-refractivity contribution is 6.01. The van der Waals surface area contributed by atoms with Gasteiger partial charge in [-0.05, 0) is 49.9 Å². The molecule has 2 amide bonds. The Bertz CT molecular complexity index is 696. The molecule has 0 unspecified atom stereocenters. The van der Waals surface area contributed by atoms with Crippen molar-refractivity contribution in [2.24, 2.45) is 0 Å². The molecule has 1 heterocycles. The van der Waals surface area contributed by atoms with Crippen molar-refractivity contribution in [2.75, 3.05) is 18.5 Å². The Labute approximate surface area is 142 Å². The van der Waals surface area contributed by atoms with E-state index in [1.54, 1.807) is 6.20 Å². The zero-order valence-corrected chi connectivity index (χ0v) is 14.2. The summed E-state index contributed by atoms with van der Waals surface area (Å²) < 4.78 is 5.79. The van der Waals surface area contributed by atoms with E-state index in [0.717, 1.165) is 28.6 Å². The monoisotopic (exact) mass is 327 g/mol. The van der Waals surface area contributed by atoms with E-state index in [2.05, 4.69) is 15.6 Å². The van der Waals surface area contributed by atoms with E-state index in [1.165, 1.54) is 25.7 Å². The molecule has 2 N–H and O–H groups in total. The number of ether oxygens (including phenoxy) is 1. The first-order valence-corrected chi connectivity index (χ1v) is 8.75. The topological polar surface area (TPSA) is 63.2 Å². The van der Waals surface area contributed by atoms with Gasteiger partial charge in [-0.15, -0.1) is 0 Å². The Morgan fingerprint density at radius 1 is 1.29 bits per heavy atom. The van der Waals surface area contributed by atoms with E-state index in [9.17, 15) is 4.79 Å². The van der Waals surface area contributed by atoms with Gasteiger partial charge >= 0.3 is 6.03 Å². The minimum absolute atomic E-state index is 0.190. The summed E-state index contributed by atoms with van der Waals surface area (Å²) in [5, 5.41) is 6.75. The summed E-state index contributed by atoms with van der Waals surface area (Å²) in [4.78, 5) is 16.5. The Morgan fingerprint density at radius 3 is 2.96 bits per heavy atom. The number of amides is 2.